The summed E-state index contributed by atoms with van der Waals surface area (Å²) >= 11 is 5.92. The lowest BCUT2D eigenvalue weighted by molar-refractivity contribution is 0.0810. The van der Waals surface area contributed by atoms with Crippen LogP contribution < -0.4 is 0 Å². The smallest absolute Gasteiger partial charge is 0.0631 e. The summed E-state index contributed by atoms with van der Waals surface area (Å²) in [5.74, 6) is 0.337. The molecule has 0 heterocycles. The normalized spacial score (nSPS) is 13.2. The van der Waals surface area contributed by atoms with Crippen molar-refractivity contribution >= 4 is 11.6 Å². The predicted octanol–water partition coefficient (Wildman–Crippen LogP) is 4.81. The van der Waals surface area contributed by atoms with Crippen LogP contribution in [-0.2, 0) is 6.42 Å². The van der Waals surface area contributed by atoms with Crippen LogP contribution in [-0.4, -0.2) is 10.7 Å². The van der Waals surface area contributed by atoms with Crippen molar-refractivity contribution in [3.8, 4) is 0 Å². The number of benzene rings is 2. The van der Waals surface area contributed by atoms with Crippen LogP contribution in [0.5, 0.6) is 0 Å². The van der Waals surface area contributed by atoms with Gasteiger partial charge >= 0.3 is 0 Å². The summed E-state index contributed by atoms with van der Waals surface area (Å²) in [7, 11) is 0. The van der Waals surface area contributed by atoms with Crippen LogP contribution in [0.1, 0.15) is 43.4 Å². The molecule has 0 aromatic heterocycles. The van der Waals surface area contributed by atoms with Crippen LogP contribution in [0.15, 0.2) is 48.5 Å². The molecule has 0 radical (unpaired) electrons. The molecule has 2 aromatic rings. The number of hydrogen-bond acceptors (Lipinski definition) is 1. The molecule has 0 aliphatic carbocycles. The molecular formula is C18H21ClO. The van der Waals surface area contributed by atoms with Gasteiger partial charge in [-0.05, 0) is 42.7 Å². The maximum atomic E-state index is 9.84. The van der Waals surface area contributed by atoms with Crippen molar-refractivity contribution in [2.75, 3.05) is 0 Å². The summed E-state index contributed by atoms with van der Waals surface area (Å²) in [5.41, 5.74) is 3.02. The van der Waals surface area contributed by atoms with E-state index in [9.17, 15) is 5.11 Å². The molecule has 0 fully saturated rings. The highest BCUT2D eigenvalue weighted by atomic mass is 35.5. The van der Waals surface area contributed by atoms with Gasteiger partial charge in [0.1, 0.15) is 0 Å². The van der Waals surface area contributed by atoms with Crippen molar-refractivity contribution < 1.29 is 5.11 Å². The molecule has 1 atom stereocenters. The maximum Gasteiger partial charge on any atom is 0.0631 e. The van der Waals surface area contributed by atoms with Gasteiger partial charge in [0.05, 0.1) is 5.60 Å². The van der Waals surface area contributed by atoms with Gasteiger partial charge in [-0.1, -0.05) is 54.9 Å². The molecule has 2 aromatic carbocycles. The fraction of sp³-hybridized carbons (Fsp3) is 0.333. The highest BCUT2D eigenvalue weighted by Crippen LogP contribution is 2.26. The molecule has 2 heteroatoms. The lowest BCUT2D eigenvalue weighted by Gasteiger charge is -2.18. The Morgan fingerprint density at radius 3 is 1.85 bits per heavy atom. The summed E-state index contributed by atoms with van der Waals surface area (Å²) in [4.78, 5) is 0. The molecule has 106 valence electrons. The lowest BCUT2D eigenvalue weighted by atomic mass is 9.91. The Kier molecular flexibility index (Phi) is 4.52. The minimum Gasteiger partial charge on any atom is -0.390 e. The van der Waals surface area contributed by atoms with Gasteiger partial charge < -0.3 is 5.11 Å². The molecule has 20 heavy (non-hydrogen) atoms. The Bertz CT molecular complexity index is 549. The zero-order chi connectivity index (χ0) is 14.8. The SMILES string of the molecule is CC(c1ccc(Cl)cc1)c1ccc(CC(C)(C)O)cc1. The Labute approximate surface area is 126 Å². The molecule has 0 aliphatic heterocycles. The molecule has 0 bridgehead atoms. The molecule has 1 N–H and O–H groups in total. The number of rotatable bonds is 4. The summed E-state index contributed by atoms with van der Waals surface area (Å²) in [6.45, 7) is 5.85. The van der Waals surface area contributed by atoms with E-state index in [0.29, 0.717) is 12.3 Å². The van der Waals surface area contributed by atoms with Gasteiger partial charge in [-0.15, -0.1) is 0 Å². The zero-order valence-electron chi connectivity index (χ0n) is 12.2. The first kappa shape index (κ1) is 15.1. The van der Waals surface area contributed by atoms with Crippen LogP contribution >= 0.6 is 11.6 Å². The first-order valence-corrected chi connectivity index (χ1v) is 7.30. The first-order valence-electron chi connectivity index (χ1n) is 6.92. The average Bonchev–Trinajstić information content (AvgIpc) is 2.38. The third kappa shape index (κ3) is 4.09. The van der Waals surface area contributed by atoms with Gasteiger partial charge in [-0.3, -0.25) is 0 Å². The predicted molar refractivity (Wildman–Crippen MR) is 85.4 cm³/mol. The summed E-state index contributed by atoms with van der Waals surface area (Å²) in [6, 6.07) is 16.5. The molecule has 0 spiro atoms. The van der Waals surface area contributed by atoms with Crippen LogP contribution in [0, 0.1) is 0 Å². The molecule has 0 aliphatic rings. The largest absolute Gasteiger partial charge is 0.390 e. The minimum absolute atomic E-state index is 0.337. The monoisotopic (exact) mass is 288 g/mol. The third-order valence-electron chi connectivity index (χ3n) is 3.49. The standard InChI is InChI=1S/C18H21ClO/c1-13(16-8-10-17(19)11-9-16)15-6-4-14(5-7-15)12-18(2,3)20/h4-11,13,20H,12H2,1-3H3. The fourth-order valence-electron chi connectivity index (χ4n) is 2.37. The van der Waals surface area contributed by atoms with Gasteiger partial charge in [0, 0.05) is 17.4 Å². The molecule has 0 saturated carbocycles. The van der Waals surface area contributed by atoms with E-state index in [0.717, 1.165) is 10.6 Å². The van der Waals surface area contributed by atoms with Crippen LogP contribution in [0.2, 0.25) is 5.02 Å². The van der Waals surface area contributed by atoms with E-state index in [1.54, 1.807) is 0 Å². The van der Waals surface area contributed by atoms with E-state index in [1.165, 1.54) is 11.1 Å². The van der Waals surface area contributed by atoms with Gasteiger partial charge in [-0.25, -0.2) is 0 Å². The van der Waals surface area contributed by atoms with E-state index >= 15 is 0 Å². The maximum absolute atomic E-state index is 9.84. The van der Waals surface area contributed by atoms with Crippen LogP contribution in [0.25, 0.3) is 0 Å². The van der Waals surface area contributed by atoms with E-state index in [-0.39, 0.29) is 0 Å². The molecule has 1 unspecified atom stereocenters. The Balaban J connectivity index is 2.15. The highest BCUT2D eigenvalue weighted by molar-refractivity contribution is 6.30. The van der Waals surface area contributed by atoms with E-state index < -0.39 is 5.60 Å². The molecule has 0 saturated heterocycles. The Hall–Kier alpha value is -1.31. The lowest BCUT2D eigenvalue weighted by Crippen LogP contribution is -2.21. The number of hydrogen-bond donors (Lipinski definition) is 1. The van der Waals surface area contributed by atoms with Crippen molar-refractivity contribution in [2.45, 2.75) is 38.7 Å². The summed E-state index contributed by atoms with van der Waals surface area (Å²) in [5, 5.41) is 10.6. The minimum atomic E-state index is -0.663. The first-order chi connectivity index (χ1) is 9.35. The zero-order valence-corrected chi connectivity index (χ0v) is 13.0. The fourth-order valence-corrected chi connectivity index (χ4v) is 2.49. The van der Waals surface area contributed by atoms with Gasteiger partial charge in [-0.2, -0.15) is 0 Å². The van der Waals surface area contributed by atoms with E-state index in [1.807, 2.05) is 26.0 Å². The van der Waals surface area contributed by atoms with Crippen molar-refractivity contribution in [3.63, 3.8) is 0 Å². The quantitative estimate of drug-likeness (QED) is 0.856. The molecule has 1 nitrogen and oxygen atoms in total. The summed E-state index contributed by atoms with van der Waals surface area (Å²) in [6.07, 6.45) is 0.669. The van der Waals surface area contributed by atoms with E-state index in [2.05, 4.69) is 43.3 Å². The molecule has 0 amide bonds. The average molecular weight is 289 g/mol. The van der Waals surface area contributed by atoms with Crippen molar-refractivity contribution in [1.82, 2.24) is 0 Å². The second-order valence-electron chi connectivity index (χ2n) is 6.00. The second-order valence-corrected chi connectivity index (χ2v) is 6.44. The molecular weight excluding hydrogens is 268 g/mol. The number of halogens is 1. The summed E-state index contributed by atoms with van der Waals surface area (Å²) < 4.78 is 0. The van der Waals surface area contributed by atoms with Crippen molar-refractivity contribution in [2.24, 2.45) is 0 Å². The topological polar surface area (TPSA) is 20.2 Å². The Morgan fingerprint density at radius 1 is 0.950 bits per heavy atom. The van der Waals surface area contributed by atoms with Crippen LogP contribution in [0.3, 0.4) is 0 Å². The Morgan fingerprint density at radius 2 is 1.40 bits per heavy atom. The third-order valence-corrected chi connectivity index (χ3v) is 3.74. The highest BCUT2D eigenvalue weighted by Gasteiger charge is 2.14. The number of aliphatic hydroxyl groups is 1. The van der Waals surface area contributed by atoms with Crippen LogP contribution in [0.4, 0.5) is 0 Å². The van der Waals surface area contributed by atoms with Gasteiger partial charge in [0.25, 0.3) is 0 Å². The second kappa shape index (κ2) is 5.99. The van der Waals surface area contributed by atoms with Gasteiger partial charge in [0.2, 0.25) is 0 Å². The van der Waals surface area contributed by atoms with Crippen molar-refractivity contribution in [3.05, 3.63) is 70.2 Å². The van der Waals surface area contributed by atoms with Crippen molar-refractivity contribution in [1.29, 1.82) is 0 Å². The van der Waals surface area contributed by atoms with Gasteiger partial charge in [0.15, 0.2) is 0 Å². The molecule has 2 rings (SSSR count). The van der Waals surface area contributed by atoms with E-state index in [4.69, 9.17) is 11.6 Å².